The third-order valence-corrected chi connectivity index (χ3v) is 6.13. The van der Waals surface area contributed by atoms with E-state index in [0.29, 0.717) is 28.6 Å². The molecule has 0 radical (unpaired) electrons. The van der Waals surface area contributed by atoms with Crippen molar-refractivity contribution in [3.05, 3.63) is 23.2 Å². The third-order valence-electron chi connectivity index (χ3n) is 5.90. The second-order valence-electron chi connectivity index (χ2n) is 8.69. The summed E-state index contributed by atoms with van der Waals surface area (Å²) >= 11 is 6.28. The molecule has 2 aromatic carbocycles. The van der Waals surface area contributed by atoms with Crippen molar-refractivity contribution in [2.45, 2.75) is 90.9 Å². The van der Waals surface area contributed by atoms with Crippen molar-refractivity contribution in [1.82, 2.24) is 0 Å². The molecule has 2 aromatic rings. The molecule has 2 rings (SSSR count). The third kappa shape index (κ3) is 8.60. The summed E-state index contributed by atoms with van der Waals surface area (Å²) in [4.78, 5) is 25.3. The Bertz CT molecular complexity index is 972. The van der Waals surface area contributed by atoms with E-state index in [1.165, 1.54) is 14.2 Å². The summed E-state index contributed by atoms with van der Waals surface area (Å²) in [6, 6.07) is 5.09. The Balaban J connectivity index is 2.33. The largest absolute Gasteiger partial charge is 0.490 e. The average Bonchev–Trinajstić information content (AvgIpc) is 2.84. The van der Waals surface area contributed by atoms with Gasteiger partial charge in [0, 0.05) is 28.6 Å². The maximum Gasteiger partial charge on any atom is 0.311 e. The molecule has 0 aliphatic heterocycles. The van der Waals surface area contributed by atoms with Crippen molar-refractivity contribution in [3.8, 4) is 23.0 Å². The van der Waals surface area contributed by atoms with E-state index in [1.54, 1.807) is 18.2 Å². The van der Waals surface area contributed by atoms with Crippen molar-refractivity contribution >= 4 is 34.3 Å². The molecule has 0 aliphatic rings. The Kier molecular flexibility index (Phi) is 12.7. The van der Waals surface area contributed by atoms with Crippen LogP contribution in [0.1, 0.15) is 90.9 Å². The van der Waals surface area contributed by atoms with Crippen LogP contribution >= 0.6 is 11.6 Å². The number of benzene rings is 2. The van der Waals surface area contributed by atoms with Crippen LogP contribution in [0.5, 0.6) is 23.0 Å². The fourth-order valence-electron chi connectivity index (χ4n) is 4.00. The molecule has 0 heterocycles. The van der Waals surface area contributed by atoms with E-state index in [4.69, 9.17) is 30.5 Å². The number of carbonyl (C=O) groups is 2. The van der Waals surface area contributed by atoms with Gasteiger partial charge in [-0.1, -0.05) is 76.8 Å². The molecule has 0 aliphatic carbocycles. The number of methoxy groups -OCH3 is 2. The first-order valence-electron chi connectivity index (χ1n) is 12.7. The number of halogens is 1. The number of esters is 2. The van der Waals surface area contributed by atoms with Gasteiger partial charge in [0.2, 0.25) is 11.5 Å². The first-order valence-corrected chi connectivity index (χ1v) is 13.1. The Morgan fingerprint density at radius 1 is 0.657 bits per heavy atom. The van der Waals surface area contributed by atoms with Gasteiger partial charge in [-0.05, 0) is 31.0 Å². The molecule has 0 unspecified atom stereocenters. The van der Waals surface area contributed by atoms with E-state index in [9.17, 15) is 9.59 Å². The van der Waals surface area contributed by atoms with Gasteiger partial charge in [0.25, 0.3) is 0 Å². The van der Waals surface area contributed by atoms with Gasteiger partial charge in [-0.15, -0.1) is 0 Å². The van der Waals surface area contributed by atoms with Gasteiger partial charge in [0.1, 0.15) is 0 Å². The van der Waals surface area contributed by atoms with Crippen molar-refractivity contribution in [2.75, 3.05) is 14.2 Å². The SMILES string of the molecule is CCCCCCCC(=O)Oc1c(OC)c(OC)c(OC(=O)CCCCCCC)c2cc(Cl)ccc12. The van der Waals surface area contributed by atoms with Gasteiger partial charge >= 0.3 is 11.9 Å². The predicted molar refractivity (Wildman–Crippen MR) is 140 cm³/mol. The van der Waals surface area contributed by atoms with Crippen molar-refractivity contribution < 1.29 is 28.5 Å². The molecule has 35 heavy (non-hydrogen) atoms. The van der Waals surface area contributed by atoms with Crippen LogP contribution in [0.3, 0.4) is 0 Å². The van der Waals surface area contributed by atoms with E-state index in [0.717, 1.165) is 64.2 Å². The Labute approximate surface area is 214 Å². The minimum atomic E-state index is -0.361. The molecule has 0 fully saturated rings. The zero-order valence-electron chi connectivity index (χ0n) is 21.5. The van der Waals surface area contributed by atoms with Crippen LogP contribution in [0.25, 0.3) is 10.8 Å². The number of hydrogen-bond acceptors (Lipinski definition) is 6. The van der Waals surface area contributed by atoms with E-state index < -0.39 is 0 Å². The lowest BCUT2D eigenvalue weighted by Crippen LogP contribution is -2.12. The topological polar surface area (TPSA) is 71.1 Å². The van der Waals surface area contributed by atoms with Crippen LogP contribution in [-0.4, -0.2) is 26.2 Å². The van der Waals surface area contributed by atoms with Gasteiger partial charge in [0.15, 0.2) is 11.5 Å². The lowest BCUT2D eigenvalue weighted by atomic mass is 10.1. The van der Waals surface area contributed by atoms with E-state index in [1.807, 2.05) is 0 Å². The second kappa shape index (κ2) is 15.5. The first-order chi connectivity index (χ1) is 17.0. The van der Waals surface area contributed by atoms with E-state index >= 15 is 0 Å². The molecule has 0 bridgehead atoms. The summed E-state index contributed by atoms with van der Waals surface area (Å²) in [5, 5.41) is 1.52. The molecule has 194 valence electrons. The van der Waals surface area contributed by atoms with Gasteiger partial charge in [-0.2, -0.15) is 0 Å². The van der Waals surface area contributed by atoms with Crippen LogP contribution in [0, 0.1) is 0 Å². The van der Waals surface area contributed by atoms with Crippen molar-refractivity contribution in [3.63, 3.8) is 0 Å². The summed E-state index contributed by atoms with van der Waals surface area (Å²) in [5.41, 5.74) is 0. The molecule has 0 N–H and O–H groups in total. The minimum Gasteiger partial charge on any atom is -0.490 e. The molecule has 0 aromatic heterocycles. The van der Waals surface area contributed by atoms with Gasteiger partial charge < -0.3 is 18.9 Å². The molecular formula is C28H39ClO6. The van der Waals surface area contributed by atoms with Crippen LogP contribution in [0.4, 0.5) is 0 Å². The molecule has 0 spiro atoms. The van der Waals surface area contributed by atoms with Crippen molar-refractivity contribution in [2.24, 2.45) is 0 Å². The summed E-state index contributed by atoms with van der Waals surface area (Å²) in [5.74, 6) is 0.114. The van der Waals surface area contributed by atoms with Crippen LogP contribution < -0.4 is 18.9 Å². The number of fused-ring (bicyclic) bond motifs is 1. The molecule has 0 amide bonds. The highest BCUT2D eigenvalue weighted by Gasteiger charge is 2.27. The first kappa shape index (κ1) is 28.8. The second-order valence-corrected chi connectivity index (χ2v) is 9.13. The van der Waals surface area contributed by atoms with Crippen LogP contribution in [0.2, 0.25) is 5.02 Å². The molecule has 0 atom stereocenters. The normalized spacial score (nSPS) is 10.9. The maximum absolute atomic E-state index is 12.7. The summed E-state index contributed by atoms with van der Waals surface area (Å²) in [6.07, 6.45) is 10.9. The molecule has 6 nitrogen and oxygen atoms in total. The fourth-order valence-corrected chi connectivity index (χ4v) is 4.17. The van der Waals surface area contributed by atoms with Gasteiger partial charge in [-0.25, -0.2) is 0 Å². The molecule has 0 saturated heterocycles. The highest BCUT2D eigenvalue weighted by Crippen LogP contribution is 2.51. The monoisotopic (exact) mass is 506 g/mol. The fraction of sp³-hybridized carbons (Fsp3) is 0.571. The number of rotatable bonds is 16. The zero-order valence-corrected chi connectivity index (χ0v) is 22.3. The lowest BCUT2D eigenvalue weighted by Gasteiger charge is -2.19. The smallest absolute Gasteiger partial charge is 0.311 e. The number of ether oxygens (including phenoxy) is 4. The summed E-state index contributed by atoms with van der Waals surface area (Å²) in [7, 11) is 2.91. The zero-order chi connectivity index (χ0) is 25.6. The Morgan fingerprint density at radius 3 is 1.57 bits per heavy atom. The van der Waals surface area contributed by atoms with E-state index in [2.05, 4.69) is 13.8 Å². The average molecular weight is 507 g/mol. The maximum atomic E-state index is 12.7. The number of unbranched alkanes of at least 4 members (excludes halogenated alkanes) is 8. The highest BCUT2D eigenvalue weighted by atomic mass is 35.5. The summed E-state index contributed by atoms with van der Waals surface area (Å²) < 4.78 is 22.7. The van der Waals surface area contributed by atoms with Gasteiger partial charge in [-0.3, -0.25) is 9.59 Å². The quantitative estimate of drug-likeness (QED) is 0.130. The Morgan fingerprint density at radius 2 is 1.11 bits per heavy atom. The molecular weight excluding hydrogens is 468 g/mol. The molecule has 7 heteroatoms. The van der Waals surface area contributed by atoms with Crippen molar-refractivity contribution in [1.29, 1.82) is 0 Å². The molecule has 0 saturated carbocycles. The minimum absolute atomic E-state index is 0.187. The number of hydrogen-bond donors (Lipinski definition) is 0. The van der Waals surface area contributed by atoms with Crippen LogP contribution in [0.15, 0.2) is 18.2 Å². The van der Waals surface area contributed by atoms with Gasteiger partial charge in [0.05, 0.1) is 14.2 Å². The van der Waals surface area contributed by atoms with E-state index in [-0.39, 0.29) is 34.9 Å². The number of carbonyl (C=O) groups excluding carboxylic acids is 2. The van der Waals surface area contributed by atoms with Crippen LogP contribution in [-0.2, 0) is 9.59 Å². The predicted octanol–water partition coefficient (Wildman–Crippen LogP) is 8.04. The standard InChI is InChI=1S/C28H39ClO6/c1-5-7-9-11-13-15-23(30)34-25-21-18-17-20(29)19-22(21)26(28(33-4)27(25)32-3)35-24(31)16-14-12-10-8-6-2/h17-19H,5-16H2,1-4H3. The summed E-state index contributed by atoms with van der Waals surface area (Å²) in [6.45, 7) is 4.30. The highest BCUT2D eigenvalue weighted by molar-refractivity contribution is 6.31. The lowest BCUT2D eigenvalue weighted by molar-refractivity contribution is -0.135. The Hall–Kier alpha value is -2.47.